The molecule has 0 aromatic heterocycles. The fourth-order valence-electron chi connectivity index (χ4n) is 3.54. The highest BCUT2D eigenvalue weighted by Gasteiger charge is 2.39. The van der Waals surface area contributed by atoms with Crippen LogP contribution in [0.15, 0.2) is 48.5 Å². The first-order valence-electron chi connectivity index (χ1n) is 9.38. The van der Waals surface area contributed by atoms with Gasteiger partial charge in [0.15, 0.2) is 0 Å². The molecule has 0 spiro atoms. The van der Waals surface area contributed by atoms with Gasteiger partial charge in [-0.2, -0.15) is 0 Å². The van der Waals surface area contributed by atoms with Gasteiger partial charge in [0.2, 0.25) is 5.91 Å². The number of nitrogens with two attached hydrogens (primary N) is 1. The van der Waals surface area contributed by atoms with Crippen molar-refractivity contribution in [1.29, 1.82) is 0 Å². The number of anilines is 1. The van der Waals surface area contributed by atoms with Crippen LogP contribution in [0.25, 0.3) is 0 Å². The number of urea groups is 1. The lowest BCUT2D eigenvalue weighted by molar-refractivity contribution is -0.117. The molecule has 4 amide bonds. The van der Waals surface area contributed by atoms with Gasteiger partial charge in [0.25, 0.3) is 5.91 Å². The summed E-state index contributed by atoms with van der Waals surface area (Å²) in [6.45, 7) is -0.0650. The van der Waals surface area contributed by atoms with Crippen LogP contribution in [0.2, 0.25) is 0 Å². The van der Waals surface area contributed by atoms with E-state index in [1.54, 1.807) is 18.2 Å². The van der Waals surface area contributed by atoms with E-state index in [2.05, 4.69) is 16.0 Å². The maximum absolute atomic E-state index is 12.6. The van der Waals surface area contributed by atoms with E-state index in [-0.39, 0.29) is 25.5 Å². The quantitative estimate of drug-likeness (QED) is 0.481. The molecule has 8 heteroatoms. The van der Waals surface area contributed by atoms with Gasteiger partial charge in [-0.15, -0.1) is 0 Å². The lowest BCUT2D eigenvalue weighted by Gasteiger charge is -2.29. The van der Waals surface area contributed by atoms with Crippen LogP contribution in [-0.4, -0.2) is 36.1 Å². The minimum absolute atomic E-state index is 0.0524. The molecule has 0 fully saturated rings. The standard InChI is InChI=1S/C21H24N4O4/c22-18(27)9-11-23-19(28)15-5-3-6-16(12-15)24-20(29)25-21(13-26)10-8-14-4-1-2-7-17(14)21/h1-7,12,26H,8-11,13H2,(H2,22,27)(H,23,28)(H2,24,25,29). The van der Waals surface area contributed by atoms with Crippen LogP contribution in [0.3, 0.4) is 0 Å². The van der Waals surface area contributed by atoms with Crippen LogP contribution in [0, 0.1) is 0 Å². The number of benzene rings is 2. The van der Waals surface area contributed by atoms with Crippen molar-refractivity contribution in [3.8, 4) is 0 Å². The monoisotopic (exact) mass is 396 g/mol. The number of rotatable bonds is 7. The number of carbonyl (C=O) groups excluding carboxylic acids is 3. The summed E-state index contributed by atoms with van der Waals surface area (Å²) in [6.07, 6.45) is 1.44. The minimum atomic E-state index is -0.829. The van der Waals surface area contributed by atoms with Crippen molar-refractivity contribution in [3.05, 3.63) is 65.2 Å². The number of primary amides is 1. The first kappa shape index (κ1) is 20.3. The van der Waals surface area contributed by atoms with Crippen molar-refractivity contribution >= 4 is 23.5 Å². The van der Waals surface area contributed by atoms with Crippen molar-refractivity contribution in [2.24, 2.45) is 5.73 Å². The molecule has 3 rings (SSSR count). The lowest BCUT2D eigenvalue weighted by Crippen LogP contribution is -2.48. The molecule has 2 aromatic carbocycles. The predicted octanol–water partition coefficient (Wildman–Crippen LogP) is 1.25. The predicted molar refractivity (Wildman–Crippen MR) is 108 cm³/mol. The van der Waals surface area contributed by atoms with E-state index in [1.807, 2.05) is 24.3 Å². The summed E-state index contributed by atoms with van der Waals surface area (Å²) in [6, 6.07) is 13.7. The summed E-state index contributed by atoms with van der Waals surface area (Å²) in [5, 5.41) is 18.2. The molecule has 0 aliphatic heterocycles. The average Bonchev–Trinajstić information content (AvgIpc) is 3.07. The van der Waals surface area contributed by atoms with Gasteiger partial charge in [0.05, 0.1) is 12.1 Å². The first-order valence-corrected chi connectivity index (χ1v) is 9.38. The topological polar surface area (TPSA) is 134 Å². The minimum Gasteiger partial charge on any atom is -0.394 e. The van der Waals surface area contributed by atoms with E-state index in [1.165, 1.54) is 6.07 Å². The molecule has 8 nitrogen and oxygen atoms in total. The van der Waals surface area contributed by atoms with Crippen LogP contribution in [0.5, 0.6) is 0 Å². The maximum Gasteiger partial charge on any atom is 0.320 e. The second-order valence-electron chi connectivity index (χ2n) is 7.03. The third kappa shape index (κ3) is 4.72. The number of carbonyl (C=O) groups is 3. The van der Waals surface area contributed by atoms with Gasteiger partial charge >= 0.3 is 6.03 Å². The van der Waals surface area contributed by atoms with Crippen LogP contribution < -0.4 is 21.7 Å². The number of fused-ring (bicyclic) bond motifs is 1. The van der Waals surface area contributed by atoms with E-state index in [0.717, 1.165) is 17.5 Å². The highest BCUT2D eigenvalue weighted by Crippen LogP contribution is 2.36. The molecule has 1 aliphatic rings. The van der Waals surface area contributed by atoms with Gasteiger partial charge in [0, 0.05) is 24.2 Å². The Kier molecular flexibility index (Phi) is 6.13. The number of hydrogen-bond acceptors (Lipinski definition) is 4. The zero-order valence-corrected chi connectivity index (χ0v) is 15.9. The van der Waals surface area contributed by atoms with Crippen LogP contribution >= 0.6 is 0 Å². The molecular formula is C21H24N4O4. The zero-order valence-electron chi connectivity index (χ0n) is 15.9. The Bertz CT molecular complexity index is 930. The van der Waals surface area contributed by atoms with E-state index in [4.69, 9.17) is 5.73 Å². The van der Waals surface area contributed by atoms with Gasteiger partial charge in [-0.25, -0.2) is 4.79 Å². The number of aryl methyl sites for hydroxylation is 1. The number of aliphatic hydroxyl groups is 1. The third-order valence-electron chi connectivity index (χ3n) is 5.02. The summed E-state index contributed by atoms with van der Waals surface area (Å²) in [4.78, 5) is 35.5. The molecule has 0 saturated heterocycles. The molecule has 6 N–H and O–H groups in total. The number of aliphatic hydroxyl groups excluding tert-OH is 1. The van der Waals surface area contributed by atoms with E-state index in [9.17, 15) is 19.5 Å². The fraction of sp³-hybridized carbons (Fsp3) is 0.286. The summed E-state index contributed by atoms with van der Waals surface area (Å²) in [5.41, 5.74) is 7.03. The molecule has 0 radical (unpaired) electrons. The highest BCUT2D eigenvalue weighted by molar-refractivity contribution is 5.97. The Morgan fingerprint density at radius 2 is 1.90 bits per heavy atom. The summed E-state index contributed by atoms with van der Waals surface area (Å²) in [7, 11) is 0. The largest absolute Gasteiger partial charge is 0.394 e. The fourth-order valence-corrected chi connectivity index (χ4v) is 3.54. The molecule has 0 bridgehead atoms. The third-order valence-corrected chi connectivity index (χ3v) is 5.02. The Morgan fingerprint density at radius 3 is 2.66 bits per heavy atom. The molecular weight excluding hydrogens is 372 g/mol. The van der Waals surface area contributed by atoms with Crippen molar-refractivity contribution in [2.45, 2.75) is 24.8 Å². The van der Waals surface area contributed by atoms with E-state index >= 15 is 0 Å². The Balaban J connectivity index is 1.65. The Morgan fingerprint density at radius 1 is 1.10 bits per heavy atom. The van der Waals surface area contributed by atoms with Gasteiger partial charge in [-0.05, 0) is 42.2 Å². The second kappa shape index (κ2) is 8.74. The van der Waals surface area contributed by atoms with Crippen molar-refractivity contribution in [3.63, 3.8) is 0 Å². The number of nitrogens with one attached hydrogen (secondary N) is 3. The van der Waals surface area contributed by atoms with Crippen LogP contribution in [0.1, 0.15) is 34.3 Å². The Labute approximate surface area is 168 Å². The molecule has 1 atom stereocenters. The summed E-state index contributed by atoms with van der Waals surface area (Å²) < 4.78 is 0. The van der Waals surface area contributed by atoms with Crippen LogP contribution in [0.4, 0.5) is 10.5 Å². The van der Waals surface area contributed by atoms with E-state index in [0.29, 0.717) is 17.7 Å². The zero-order chi connectivity index (χ0) is 20.9. The molecule has 2 aromatic rings. The smallest absolute Gasteiger partial charge is 0.320 e. The van der Waals surface area contributed by atoms with Gasteiger partial charge < -0.3 is 26.8 Å². The first-order chi connectivity index (χ1) is 13.9. The van der Waals surface area contributed by atoms with Gasteiger partial charge in [-0.3, -0.25) is 9.59 Å². The van der Waals surface area contributed by atoms with Crippen molar-refractivity contribution < 1.29 is 19.5 Å². The Hall–Kier alpha value is -3.39. The molecule has 1 aliphatic carbocycles. The SMILES string of the molecule is NC(=O)CCNC(=O)c1cccc(NC(=O)NC2(CO)CCc3ccccc32)c1. The molecule has 29 heavy (non-hydrogen) atoms. The number of amides is 4. The van der Waals surface area contributed by atoms with Gasteiger partial charge in [-0.1, -0.05) is 30.3 Å². The molecule has 1 unspecified atom stereocenters. The highest BCUT2D eigenvalue weighted by atomic mass is 16.3. The molecule has 0 heterocycles. The molecule has 152 valence electrons. The summed E-state index contributed by atoms with van der Waals surface area (Å²) in [5.74, 6) is -0.865. The van der Waals surface area contributed by atoms with Gasteiger partial charge in [0.1, 0.15) is 0 Å². The second-order valence-corrected chi connectivity index (χ2v) is 7.03. The maximum atomic E-state index is 12.6. The average molecular weight is 396 g/mol. The summed E-state index contributed by atoms with van der Waals surface area (Å²) >= 11 is 0. The lowest BCUT2D eigenvalue weighted by atomic mass is 9.93. The normalized spacial score (nSPS) is 17.3. The van der Waals surface area contributed by atoms with Crippen molar-refractivity contribution in [1.82, 2.24) is 10.6 Å². The van der Waals surface area contributed by atoms with Crippen molar-refractivity contribution in [2.75, 3.05) is 18.5 Å². The molecule has 0 saturated carbocycles. The van der Waals surface area contributed by atoms with E-state index < -0.39 is 17.5 Å². The van der Waals surface area contributed by atoms with Crippen LogP contribution in [-0.2, 0) is 16.8 Å². The number of hydrogen-bond donors (Lipinski definition) is 5.